The third-order valence-corrected chi connectivity index (χ3v) is 5.49. The van der Waals surface area contributed by atoms with Gasteiger partial charge >= 0.3 is 0 Å². The molecule has 3 heterocycles. The normalized spacial score (nSPS) is 22.0. The van der Waals surface area contributed by atoms with Gasteiger partial charge in [0.1, 0.15) is 5.82 Å². The fraction of sp³-hybridized carbons (Fsp3) is 0.500. The molecule has 0 aliphatic carbocycles. The summed E-state index contributed by atoms with van der Waals surface area (Å²) in [5.74, 6) is 0.792. The van der Waals surface area contributed by atoms with Crippen LogP contribution in [0.15, 0.2) is 40.8 Å². The third kappa shape index (κ3) is 5.33. The third-order valence-electron chi connectivity index (χ3n) is 5.05. The maximum Gasteiger partial charge on any atom is 0.213 e. The fourth-order valence-corrected chi connectivity index (χ4v) is 4.18. The lowest BCUT2D eigenvalue weighted by atomic mass is 10.1. The standard InChI is InChI=1S/C20H28BrN5O2/c1-15(8-17(21)11-24(3)14-27)23-20-5-4-18(9-22-20)25-6-7-26(16(2)10-25)19-12-28-13-19/h4-5,8-9,11,14,16,19H,6-7,10,12-13H2,1-3H3,(H,22,23)/b15-8+,17-11+. The van der Waals surface area contributed by atoms with Crippen LogP contribution < -0.4 is 10.2 Å². The summed E-state index contributed by atoms with van der Waals surface area (Å²) >= 11 is 3.43. The first-order chi connectivity index (χ1) is 13.5. The monoisotopic (exact) mass is 449 g/mol. The first-order valence-corrected chi connectivity index (χ1v) is 10.3. The molecule has 1 amide bonds. The molecular formula is C20H28BrN5O2. The van der Waals surface area contributed by atoms with Crippen molar-refractivity contribution >= 4 is 33.8 Å². The predicted octanol–water partition coefficient (Wildman–Crippen LogP) is 2.63. The van der Waals surface area contributed by atoms with Gasteiger partial charge in [-0.3, -0.25) is 9.69 Å². The number of nitrogens with zero attached hydrogens (tertiary/aromatic N) is 4. The highest BCUT2D eigenvalue weighted by Crippen LogP contribution is 2.23. The van der Waals surface area contributed by atoms with Gasteiger partial charge in [0.25, 0.3) is 0 Å². The second kappa shape index (κ2) is 9.54. The van der Waals surface area contributed by atoms with E-state index in [2.05, 4.69) is 49.0 Å². The number of ether oxygens (including phenoxy) is 1. The van der Waals surface area contributed by atoms with Crippen LogP contribution in [0.3, 0.4) is 0 Å². The molecule has 2 aliphatic rings. The summed E-state index contributed by atoms with van der Waals surface area (Å²) in [6, 6.07) is 5.22. The van der Waals surface area contributed by atoms with E-state index >= 15 is 0 Å². The highest BCUT2D eigenvalue weighted by molar-refractivity contribution is 9.11. The van der Waals surface area contributed by atoms with Crippen molar-refractivity contribution in [1.82, 2.24) is 14.8 Å². The van der Waals surface area contributed by atoms with Gasteiger partial charge in [0.2, 0.25) is 6.41 Å². The van der Waals surface area contributed by atoms with E-state index in [4.69, 9.17) is 4.74 Å². The number of pyridine rings is 1. The molecule has 1 N–H and O–H groups in total. The molecule has 2 fully saturated rings. The number of rotatable bonds is 7. The molecule has 28 heavy (non-hydrogen) atoms. The van der Waals surface area contributed by atoms with Crippen LogP contribution in [0, 0.1) is 0 Å². The number of amides is 1. The lowest BCUT2D eigenvalue weighted by Gasteiger charge is -2.47. The Bertz CT molecular complexity index is 733. The molecule has 0 spiro atoms. The van der Waals surface area contributed by atoms with Crippen LogP contribution in [0.25, 0.3) is 0 Å². The molecule has 0 bridgehead atoms. The van der Waals surface area contributed by atoms with Gasteiger partial charge in [-0.2, -0.15) is 0 Å². The Morgan fingerprint density at radius 2 is 2.18 bits per heavy atom. The molecular weight excluding hydrogens is 422 g/mol. The summed E-state index contributed by atoms with van der Waals surface area (Å²) in [6.45, 7) is 9.06. The van der Waals surface area contributed by atoms with Crippen molar-refractivity contribution in [3.8, 4) is 0 Å². The number of halogens is 1. The van der Waals surface area contributed by atoms with Crippen molar-refractivity contribution < 1.29 is 9.53 Å². The predicted molar refractivity (Wildman–Crippen MR) is 115 cm³/mol. The number of carbonyl (C=O) groups is 1. The minimum atomic E-state index is 0.513. The second-order valence-electron chi connectivity index (χ2n) is 7.36. The SMILES string of the molecule is C/C(=C\C(Br)=C/N(C)C=O)Nc1ccc(N2CCN(C3COC3)C(C)C2)cn1. The first kappa shape index (κ1) is 20.8. The number of nitrogens with one attached hydrogen (secondary N) is 1. The molecule has 0 aromatic carbocycles. The number of carbonyl (C=O) groups excluding carboxylic acids is 1. The van der Waals surface area contributed by atoms with Gasteiger partial charge in [-0.1, -0.05) is 0 Å². The number of hydrogen-bond acceptors (Lipinski definition) is 6. The Morgan fingerprint density at radius 1 is 1.39 bits per heavy atom. The molecule has 0 saturated carbocycles. The molecule has 2 saturated heterocycles. The van der Waals surface area contributed by atoms with Crippen LogP contribution >= 0.6 is 15.9 Å². The number of piperazine rings is 1. The van der Waals surface area contributed by atoms with Gasteiger partial charge < -0.3 is 19.9 Å². The molecule has 1 aromatic heterocycles. The smallest absolute Gasteiger partial charge is 0.213 e. The number of anilines is 2. The zero-order valence-corrected chi connectivity index (χ0v) is 18.2. The van der Waals surface area contributed by atoms with E-state index in [0.29, 0.717) is 12.1 Å². The maximum absolute atomic E-state index is 10.7. The summed E-state index contributed by atoms with van der Waals surface area (Å²) in [7, 11) is 1.69. The van der Waals surface area contributed by atoms with Crippen molar-refractivity contribution in [2.24, 2.45) is 0 Å². The summed E-state index contributed by atoms with van der Waals surface area (Å²) in [5.41, 5.74) is 2.07. The summed E-state index contributed by atoms with van der Waals surface area (Å²) in [4.78, 5) is 21.6. The number of allylic oxidation sites excluding steroid dienone is 3. The van der Waals surface area contributed by atoms with E-state index in [1.54, 1.807) is 13.2 Å². The van der Waals surface area contributed by atoms with E-state index in [1.165, 1.54) is 4.90 Å². The van der Waals surface area contributed by atoms with Crippen molar-refractivity contribution in [1.29, 1.82) is 0 Å². The number of hydrogen-bond donors (Lipinski definition) is 1. The van der Waals surface area contributed by atoms with Crippen LogP contribution in [-0.2, 0) is 9.53 Å². The van der Waals surface area contributed by atoms with Crippen LogP contribution in [0.5, 0.6) is 0 Å². The van der Waals surface area contributed by atoms with Gasteiger partial charge in [-0.15, -0.1) is 0 Å². The van der Waals surface area contributed by atoms with Crippen molar-refractivity contribution in [3.63, 3.8) is 0 Å². The second-order valence-corrected chi connectivity index (χ2v) is 8.28. The average Bonchev–Trinajstić information content (AvgIpc) is 2.62. The van der Waals surface area contributed by atoms with E-state index in [0.717, 1.165) is 60.9 Å². The van der Waals surface area contributed by atoms with Crippen LogP contribution in [0.4, 0.5) is 11.5 Å². The Kier molecular flexibility index (Phi) is 7.09. The van der Waals surface area contributed by atoms with E-state index in [1.807, 2.05) is 25.3 Å². The summed E-state index contributed by atoms with van der Waals surface area (Å²) in [6.07, 6.45) is 6.28. The lowest BCUT2D eigenvalue weighted by molar-refractivity contribution is -0.115. The molecule has 1 atom stereocenters. The highest BCUT2D eigenvalue weighted by atomic mass is 79.9. The lowest BCUT2D eigenvalue weighted by Crippen LogP contribution is -2.60. The van der Waals surface area contributed by atoms with Crippen molar-refractivity contribution in [3.05, 3.63) is 40.8 Å². The Hall–Kier alpha value is -1.90. The van der Waals surface area contributed by atoms with Gasteiger partial charge in [-0.25, -0.2) is 4.98 Å². The first-order valence-electron chi connectivity index (χ1n) is 9.50. The van der Waals surface area contributed by atoms with Crippen LogP contribution in [0.1, 0.15) is 13.8 Å². The molecule has 3 rings (SSSR count). The Labute approximate surface area is 175 Å². The highest BCUT2D eigenvalue weighted by Gasteiger charge is 2.33. The molecule has 0 radical (unpaired) electrons. The molecule has 7 nitrogen and oxygen atoms in total. The van der Waals surface area contributed by atoms with Gasteiger partial charge in [0.15, 0.2) is 0 Å². The largest absolute Gasteiger partial charge is 0.378 e. The zero-order chi connectivity index (χ0) is 20.1. The van der Waals surface area contributed by atoms with Gasteiger partial charge in [-0.05, 0) is 48.0 Å². The van der Waals surface area contributed by atoms with E-state index in [-0.39, 0.29) is 0 Å². The summed E-state index contributed by atoms with van der Waals surface area (Å²) < 4.78 is 6.14. The van der Waals surface area contributed by atoms with Crippen LogP contribution in [-0.4, -0.2) is 73.2 Å². The van der Waals surface area contributed by atoms with Gasteiger partial charge in [0.05, 0.1) is 31.1 Å². The maximum atomic E-state index is 10.7. The Balaban J connectivity index is 1.56. The summed E-state index contributed by atoms with van der Waals surface area (Å²) in [5, 5.41) is 3.27. The van der Waals surface area contributed by atoms with Crippen molar-refractivity contribution in [2.45, 2.75) is 25.9 Å². The molecule has 1 aromatic rings. The van der Waals surface area contributed by atoms with Crippen LogP contribution in [0.2, 0.25) is 0 Å². The minimum absolute atomic E-state index is 0.513. The quantitative estimate of drug-likeness (QED) is 0.509. The zero-order valence-electron chi connectivity index (χ0n) is 16.6. The molecule has 8 heteroatoms. The number of aromatic nitrogens is 1. The van der Waals surface area contributed by atoms with E-state index in [9.17, 15) is 4.79 Å². The fourth-order valence-electron chi connectivity index (χ4n) is 3.52. The molecule has 2 aliphatic heterocycles. The average molecular weight is 450 g/mol. The van der Waals surface area contributed by atoms with Gasteiger partial charge in [0, 0.05) is 49.1 Å². The topological polar surface area (TPSA) is 60.9 Å². The molecule has 152 valence electrons. The van der Waals surface area contributed by atoms with Crippen molar-refractivity contribution in [2.75, 3.05) is 50.1 Å². The Morgan fingerprint density at radius 3 is 2.75 bits per heavy atom. The minimum Gasteiger partial charge on any atom is -0.378 e. The molecule has 1 unspecified atom stereocenters. The van der Waals surface area contributed by atoms with E-state index < -0.39 is 0 Å².